The first-order valence-corrected chi connectivity index (χ1v) is 7.41. The first kappa shape index (κ1) is 15.9. The second-order valence-corrected chi connectivity index (χ2v) is 5.68. The van der Waals surface area contributed by atoms with Crippen LogP contribution >= 0.6 is 0 Å². The van der Waals surface area contributed by atoms with Crippen LogP contribution in [0.15, 0.2) is 34.3 Å². The van der Waals surface area contributed by atoms with Gasteiger partial charge in [-0.05, 0) is 19.1 Å². The van der Waals surface area contributed by atoms with E-state index in [1.165, 1.54) is 12.1 Å². The lowest BCUT2D eigenvalue weighted by atomic mass is 10.4. The summed E-state index contributed by atoms with van der Waals surface area (Å²) in [5, 5.41) is 2.98. The lowest BCUT2D eigenvalue weighted by Gasteiger charge is -2.07. The lowest BCUT2D eigenvalue weighted by molar-refractivity contribution is 0.198. The monoisotopic (exact) mass is 288 g/mol. The Morgan fingerprint density at radius 2 is 2.26 bits per heavy atom. The lowest BCUT2D eigenvalue weighted by Crippen LogP contribution is -2.30. The van der Waals surface area contributed by atoms with Gasteiger partial charge in [-0.3, -0.25) is 0 Å². The molecule has 0 aliphatic heterocycles. The van der Waals surface area contributed by atoms with E-state index in [2.05, 4.69) is 16.6 Å². The van der Waals surface area contributed by atoms with Gasteiger partial charge in [-0.15, -0.1) is 6.58 Å². The molecule has 0 fully saturated rings. The number of hydrogen-bond donors (Lipinski definition) is 2. The van der Waals surface area contributed by atoms with E-state index >= 15 is 0 Å². The Hall–Kier alpha value is -1.15. The molecule has 0 spiro atoms. The van der Waals surface area contributed by atoms with E-state index < -0.39 is 10.0 Å². The van der Waals surface area contributed by atoms with Crippen molar-refractivity contribution in [1.82, 2.24) is 10.0 Å². The molecule has 2 N–H and O–H groups in total. The zero-order valence-corrected chi connectivity index (χ0v) is 12.0. The van der Waals surface area contributed by atoms with E-state index in [9.17, 15) is 8.42 Å². The third kappa shape index (κ3) is 5.15. The zero-order chi connectivity index (χ0) is 14.3. The van der Waals surface area contributed by atoms with Gasteiger partial charge in [-0.25, -0.2) is 13.1 Å². The summed E-state index contributed by atoms with van der Waals surface area (Å²) in [6.07, 6.45) is 1.51. The van der Waals surface area contributed by atoms with Gasteiger partial charge >= 0.3 is 0 Å². The molecule has 0 amide bonds. The van der Waals surface area contributed by atoms with Crippen molar-refractivity contribution >= 4 is 10.0 Å². The molecular formula is C12H20N2O4S. The van der Waals surface area contributed by atoms with Gasteiger partial charge in [0.05, 0.1) is 13.2 Å². The van der Waals surface area contributed by atoms with Crippen molar-refractivity contribution in [3.8, 4) is 0 Å². The van der Waals surface area contributed by atoms with Gasteiger partial charge < -0.3 is 14.5 Å². The molecule has 1 aromatic heterocycles. The van der Waals surface area contributed by atoms with E-state index in [1.807, 2.05) is 0 Å². The summed E-state index contributed by atoms with van der Waals surface area (Å²) in [7, 11) is -2.01. The molecule has 0 bridgehead atoms. The Morgan fingerprint density at radius 1 is 1.53 bits per heavy atom. The summed E-state index contributed by atoms with van der Waals surface area (Å²) in [5.41, 5.74) is 0. The fraction of sp³-hybridized carbons (Fsp3) is 0.500. The van der Waals surface area contributed by atoms with E-state index in [0.29, 0.717) is 25.5 Å². The number of furan rings is 1. The molecule has 0 radical (unpaired) electrons. The van der Waals surface area contributed by atoms with Crippen molar-refractivity contribution in [1.29, 1.82) is 0 Å². The Kier molecular flexibility index (Phi) is 6.23. The maximum absolute atomic E-state index is 11.9. The molecule has 1 aromatic rings. The van der Waals surface area contributed by atoms with E-state index in [1.54, 1.807) is 20.1 Å². The summed E-state index contributed by atoms with van der Waals surface area (Å²) in [6, 6.07) is 2.72. The Balaban J connectivity index is 2.60. The molecule has 1 heterocycles. The van der Waals surface area contributed by atoms with Crippen LogP contribution in [0.5, 0.6) is 0 Å². The second kappa shape index (κ2) is 7.44. The van der Waals surface area contributed by atoms with Crippen molar-refractivity contribution in [2.24, 2.45) is 0 Å². The molecule has 108 valence electrons. The largest absolute Gasteiger partial charge is 0.447 e. The van der Waals surface area contributed by atoms with Crippen LogP contribution in [-0.4, -0.2) is 34.7 Å². The topological polar surface area (TPSA) is 80.6 Å². The van der Waals surface area contributed by atoms with Gasteiger partial charge in [0.2, 0.25) is 5.09 Å². The minimum atomic E-state index is -3.63. The van der Waals surface area contributed by atoms with Gasteiger partial charge in [0.1, 0.15) is 5.76 Å². The van der Waals surface area contributed by atoms with Crippen molar-refractivity contribution < 1.29 is 17.6 Å². The van der Waals surface area contributed by atoms with Crippen molar-refractivity contribution in [3.63, 3.8) is 0 Å². The van der Waals surface area contributed by atoms with Crippen LogP contribution in [0.2, 0.25) is 0 Å². The van der Waals surface area contributed by atoms with Gasteiger partial charge in [0.25, 0.3) is 10.0 Å². The Labute approximate surface area is 113 Å². The normalized spacial score (nSPS) is 13.4. The first-order chi connectivity index (χ1) is 8.99. The Morgan fingerprint density at radius 3 is 2.89 bits per heavy atom. The molecule has 7 heteroatoms. The average molecular weight is 288 g/mol. The molecule has 0 aromatic carbocycles. The number of methoxy groups -OCH3 is 1. The van der Waals surface area contributed by atoms with Crippen LogP contribution < -0.4 is 10.0 Å². The minimum Gasteiger partial charge on any atom is -0.447 e. The molecule has 1 unspecified atom stereocenters. The van der Waals surface area contributed by atoms with E-state index in [4.69, 9.17) is 9.15 Å². The molecule has 0 saturated heterocycles. The highest BCUT2D eigenvalue weighted by Gasteiger charge is 2.19. The summed E-state index contributed by atoms with van der Waals surface area (Å²) in [4.78, 5) is 0. The third-order valence-electron chi connectivity index (χ3n) is 2.38. The number of ether oxygens (including phenoxy) is 1. The summed E-state index contributed by atoms with van der Waals surface area (Å²) < 4.78 is 36.4. The first-order valence-electron chi connectivity index (χ1n) is 5.93. The van der Waals surface area contributed by atoms with Gasteiger partial charge in [0, 0.05) is 19.7 Å². The fourth-order valence-corrected chi connectivity index (χ4v) is 2.50. The van der Waals surface area contributed by atoms with E-state index in [0.717, 1.165) is 0 Å². The highest BCUT2D eigenvalue weighted by Crippen LogP contribution is 2.14. The van der Waals surface area contributed by atoms with Crippen LogP contribution in [0.3, 0.4) is 0 Å². The molecular weight excluding hydrogens is 268 g/mol. The number of hydrogen-bond acceptors (Lipinski definition) is 5. The van der Waals surface area contributed by atoms with Gasteiger partial charge in [0.15, 0.2) is 0 Å². The SMILES string of the molecule is C=CC(C)NS(=O)(=O)c1ccc(CNCCOC)o1. The van der Waals surface area contributed by atoms with Crippen molar-refractivity contribution in [2.75, 3.05) is 20.3 Å². The summed E-state index contributed by atoms with van der Waals surface area (Å²) in [6.45, 7) is 6.93. The molecule has 1 rings (SSSR count). The number of nitrogens with one attached hydrogen (secondary N) is 2. The quantitative estimate of drug-likeness (QED) is 0.520. The van der Waals surface area contributed by atoms with Gasteiger partial charge in [-0.1, -0.05) is 6.08 Å². The van der Waals surface area contributed by atoms with Crippen LogP contribution in [0, 0.1) is 0 Å². The molecule has 0 aliphatic carbocycles. The van der Waals surface area contributed by atoms with Crippen LogP contribution in [0.1, 0.15) is 12.7 Å². The molecule has 6 nitrogen and oxygen atoms in total. The number of sulfonamides is 1. The number of rotatable bonds is 9. The summed E-state index contributed by atoms with van der Waals surface area (Å²) >= 11 is 0. The Bertz CT molecular complexity index is 496. The smallest absolute Gasteiger partial charge is 0.274 e. The maximum Gasteiger partial charge on any atom is 0.274 e. The molecule has 19 heavy (non-hydrogen) atoms. The zero-order valence-electron chi connectivity index (χ0n) is 11.2. The van der Waals surface area contributed by atoms with Crippen LogP contribution in [0.4, 0.5) is 0 Å². The average Bonchev–Trinajstić information content (AvgIpc) is 2.83. The molecule has 0 saturated carbocycles. The highest BCUT2D eigenvalue weighted by atomic mass is 32.2. The molecule has 0 aliphatic rings. The standard InChI is InChI=1S/C12H20N2O4S/c1-4-10(2)14-19(15,16)12-6-5-11(18-12)9-13-7-8-17-3/h4-6,10,13-14H,1,7-9H2,2-3H3. The summed E-state index contributed by atoms with van der Waals surface area (Å²) in [5.74, 6) is 0.558. The third-order valence-corrected chi connectivity index (χ3v) is 3.81. The fourth-order valence-electron chi connectivity index (χ4n) is 1.33. The van der Waals surface area contributed by atoms with Crippen molar-refractivity contribution in [3.05, 3.63) is 30.5 Å². The predicted molar refractivity (Wildman–Crippen MR) is 72.3 cm³/mol. The second-order valence-electron chi connectivity index (χ2n) is 4.04. The van der Waals surface area contributed by atoms with Gasteiger partial charge in [-0.2, -0.15) is 0 Å². The van der Waals surface area contributed by atoms with Crippen LogP contribution in [-0.2, 0) is 21.3 Å². The predicted octanol–water partition coefficient (Wildman–Crippen LogP) is 0.868. The molecule has 1 atom stereocenters. The van der Waals surface area contributed by atoms with E-state index in [-0.39, 0.29) is 11.1 Å². The van der Waals surface area contributed by atoms with Crippen molar-refractivity contribution in [2.45, 2.75) is 24.6 Å². The van der Waals surface area contributed by atoms with Crippen LogP contribution in [0.25, 0.3) is 0 Å². The minimum absolute atomic E-state index is 0.0928. The maximum atomic E-state index is 11.9. The highest BCUT2D eigenvalue weighted by molar-refractivity contribution is 7.89.